The van der Waals surface area contributed by atoms with Gasteiger partial charge in [-0.25, -0.2) is 8.78 Å². The molecule has 0 aromatic heterocycles. The molecule has 0 aliphatic carbocycles. The molecule has 2 aromatic carbocycles. The zero-order valence-corrected chi connectivity index (χ0v) is 10.0. The number of carbonyl (C=O) groups is 1. The summed E-state index contributed by atoms with van der Waals surface area (Å²) in [5.41, 5.74) is 2.73. The fourth-order valence-electron chi connectivity index (χ4n) is 2.24. The van der Waals surface area contributed by atoms with E-state index in [9.17, 15) is 13.6 Å². The number of ketones is 1. The third-order valence-corrected chi connectivity index (χ3v) is 3.26. The average molecular weight is 259 g/mol. The normalized spacial score (nSPS) is 12.9. The molecular formula is C15H11F2NO. The molecule has 0 atom stereocenters. The second-order valence-corrected chi connectivity index (χ2v) is 4.51. The van der Waals surface area contributed by atoms with Gasteiger partial charge in [0.15, 0.2) is 17.4 Å². The van der Waals surface area contributed by atoms with Crippen LogP contribution in [0.25, 0.3) is 0 Å². The summed E-state index contributed by atoms with van der Waals surface area (Å²) < 4.78 is 26.0. The van der Waals surface area contributed by atoms with E-state index in [1.807, 2.05) is 6.07 Å². The van der Waals surface area contributed by atoms with Gasteiger partial charge in [-0.3, -0.25) is 4.79 Å². The third kappa shape index (κ3) is 2.10. The summed E-state index contributed by atoms with van der Waals surface area (Å²) in [5, 5.41) is 3.18. The molecule has 1 N–H and O–H groups in total. The van der Waals surface area contributed by atoms with Crippen molar-refractivity contribution in [1.29, 1.82) is 0 Å². The molecule has 0 fully saturated rings. The quantitative estimate of drug-likeness (QED) is 0.839. The van der Waals surface area contributed by atoms with Gasteiger partial charge < -0.3 is 5.32 Å². The monoisotopic (exact) mass is 259 g/mol. The highest BCUT2D eigenvalue weighted by Crippen LogP contribution is 2.24. The largest absolute Gasteiger partial charge is 0.384 e. The summed E-state index contributed by atoms with van der Waals surface area (Å²) in [5.74, 6) is -2.27. The molecule has 2 aromatic rings. The first-order valence-corrected chi connectivity index (χ1v) is 6.02. The first-order chi connectivity index (χ1) is 9.15. The number of carbonyl (C=O) groups excluding carboxylic acids is 1. The Bertz CT molecular complexity index is 667. The van der Waals surface area contributed by atoms with Gasteiger partial charge in [0.2, 0.25) is 0 Å². The van der Waals surface area contributed by atoms with Gasteiger partial charge in [0, 0.05) is 23.4 Å². The minimum absolute atomic E-state index is 0.150. The van der Waals surface area contributed by atoms with Crippen molar-refractivity contribution in [3.63, 3.8) is 0 Å². The van der Waals surface area contributed by atoms with Crippen molar-refractivity contribution in [3.05, 3.63) is 64.7 Å². The second-order valence-electron chi connectivity index (χ2n) is 4.51. The number of hydrogen-bond donors (Lipinski definition) is 1. The lowest BCUT2D eigenvalue weighted by Crippen LogP contribution is -2.03. The van der Waals surface area contributed by atoms with Crippen molar-refractivity contribution in [2.24, 2.45) is 0 Å². The summed E-state index contributed by atoms with van der Waals surface area (Å²) >= 11 is 0. The van der Waals surface area contributed by atoms with Crippen molar-refractivity contribution >= 4 is 11.5 Å². The Morgan fingerprint density at radius 2 is 1.74 bits per heavy atom. The van der Waals surface area contributed by atoms with Crippen LogP contribution in [0.15, 0.2) is 36.4 Å². The van der Waals surface area contributed by atoms with Crippen LogP contribution in [-0.4, -0.2) is 12.3 Å². The molecule has 0 amide bonds. The summed E-state index contributed by atoms with van der Waals surface area (Å²) in [6, 6.07) is 8.55. The molecule has 4 heteroatoms. The van der Waals surface area contributed by atoms with E-state index in [0.29, 0.717) is 5.56 Å². The van der Waals surface area contributed by atoms with Gasteiger partial charge in [-0.2, -0.15) is 0 Å². The van der Waals surface area contributed by atoms with E-state index in [1.165, 1.54) is 11.6 Å². The van der Waals surface area contributed by atoms with Crippen LogP contribution in [0, 0.1) is 11.6 Å². The summed E-state index contributed by atoms with van der Waals surface area (Å²) in [6.07, 6.45) is 0.939. The molecule has 0 radical (unpaired) electrons. The van der Waals surface area contributed by atoms with E-state index in [-0.39, 0.29) is 11.3 Å². The van der Waals surface area contributed by atoms with Crippen LogP contribution in [0.4, 0.5) is 14.5 Å². The molecule has 1 aliphatic rings. The maximum absolute atomic E-state index is 13.1. The van der Waals surface area contributed by atoms with Crippen molar-refractivity contribution in [2.45, 2.75) is 6.42 Å². The number of fused-ring (bicyclic) bond motifs is 1. The average Bonchev–Trinajstić information content (AvgIpc) is 2.88. The van der Waals surface area contributed by atoms with Crippen molar-refractivity contribution < 1.29 is 13.6 Å². The van der Waals surface area contributed by atoms with Gasteiger partial charge in [0.1, 0.15) is 0 Å². The molecule has 0 saturated carbocycles. The molecule has 0 bridgehead atoms. The second kappa shape index (κ2) is 4.46. The Labute approximate surface area is 109 Å². The fraction of sp³-hybridized carbons (Fsp3) is 0.133. The van der Waals surface area contributed by atoms with Crippen LogP contribution in [-0.2, 0) is 6.42 Å². The van der Waals surface area contributed by atoms with Gasteiger partial charge in [0.25, 0.3) is 0 Å². The van der Waals surface area contributed by atoms with E-state index >= 15 is 0 Å². The molecule has 2 nitrogen and oxygen atoms in total. The molecule has 19 heavy (non-hydrogen) atoms. The van der Waals surface area contributed by atoms with E-state index in [1.54, 1.807) is 12.1 Å². The van der Waals surface area contributed by atoms with Crippen LogP contribution in [0.5, 0.6) is 0 Å². The predicted molar refractivity (Wildman–Crippen MR) is 68.4 cm³/mol. The molecule has 1 aliphatic heterocycles. The number of rotatable bonds is 2. The van der Waals surface area contributed by atoms with E-state index < -0.39 is 11.6 Å². The minimum atomic E-state index is -1.01. The number of hydrogen-bond acceptors (Lipinski definition) is 2. The lowest BCUT2D eigenvalue weighted by molar-refractivity contribution is 0.103. The highest BCUT2D eigenvalue weighted by Gasteiger charge is 2.16. The third-order valence-electron chi connectivity index (χ3n) is 3.26. The highest BCUT2D eigenvalue weighted by molar-refractivity contribution is 6.09. The van der Waals surface area contributed by atoms with Gasteiger partial charge in [-0.05, 0) is 36.2 Å². The van der Waals surface area contributed by atoms with Crippen LogP contribution in [0.3, 0.4) is 0 Å². The number of benzene rings is 2. The number of nitrogens with one attached hydrogen (secondary N) is 1. The Morgan fingerprint density at radius 1 is 1.00 bits per heavy atom. The van der Waals surface area contributed by atoms with E-state index in [2.05, 4.69) is 5.32 Å². The van der Waals surface area contributed by atoms with Crippen molar-refractivity contribution in [2.75, 3.05) is 11.9 Å². The number of halogens is 2. The van der Waals surface area contributed by atoms with Gasteiger partial charge in [0.05, 0.1) is 0 Å². The first kappa shape index (κ1) is 11.8. The molecule has 96 valence electrons. The Hall–Kier alpha value is -2.23. The summed E-state index contributed by atoms with van der Waals surface area (Å²) in [6.45, 7) is 0.859. The van der Waals surface area contributed by atoms with Crippen molar-refractivity contribution in [3.8, 4) is 0 Å². The number of anilines is 1. The predicted octanol–water partition coefficient (Wildman–Crippen LogP) is 3.16. The smallest absolute Gasteiger partial charge is 0.193 e. The maximum atomic E-state index is 13.1. The van der Waals surface area contributed by atoms with Gasteiger partial charge >= 0.3 is 0 Å². The molecule has 0 spiro atoms. The van der Waals surface area contributed by atoms with Crippen LogP contribution < -0.4 is 5.32 Å². The fourth-order valence-corrected chi connectivity index (χ4v) is 2.24. The summed E-state index contributed by atoms with van der Waals surface area (Å²) in [7, 11) is 0. The Morgan fingerprint density at radius 3 is 2.53 bits per heavy atom. The maximum Gasteiger partial charge on any atom is 0.193 e. The lowest BCUT2D eigenvalue weighted by Gasteiger charge is -2.05. The molecule has 1 heterocycles. The Kier molecular flexibility index (Phi) is 2.78. The zero-order valence-electron chi connectivity index (χ0n) is 10.0. The standard InChI is InChI=1S/C15H11F2NO/c16-12-4-3-10(7-13(12)17)15(19)11-2-1-9-5-6-18-14(9)8-11/h1-4,7-8,18H,5-6H2. The minimum Gasteiger partial charge on any atom is -0.384 e. The first-order valence-electron chi connectivity index (χ1n) is 6.02. The lowest BCUT2D eigenvalue weighted by atomic mass is 10.0. The van der Waals surface area contributed by atoms with Crippen LogP contribution in [0.1, 0.15) is 21.5 Å². The molecular weight excluding hydrogens is 248 g/mol. The molecule has 3 rings (SSSR count). The van der Waals surface area contributed by atoms with Gasteiger partial charge in [-0.1, -0.05) is 12.1 Å². The SMILES string of the molecule is O=C(c1ccc(F)c(F)c1)c1ccc2c(c1)NCC2. The van der Waals surface area contributed by atoms with Gasteiger partial charge in [-0.15, -0.1) is 0 Å². The van der Waals surface area contributed by atoms with Crippen LogP contribution in [0.2, 0.25) is 0 Å². The van der Waals surface area contributed by atoms with E-state index in [0.717, 1.165) is 30.8 Å². The Balaban J connectivity index is 1.97. The topological polar surface area (TPSA) is 29.1 Å². The van der Waals surface area contributed by atoms with Crippen molar-refractivity contribution in [1.82, 2.24) is 0 Å². The van der Waals surface area contributed by atoms with E-state index in [4.69, 9.17) is 0 Å². The zero-order chi connectivity index (χ0) is 13.4. The molecule has 0 saturated heterocycles. The van der Waals surface area contributed by atoms with Crippen LogP contribution >= 0.6 is 0 Å². The summed E-state index contributed by atoms with van der Waals surface area (Å²) in [4.78, 5) is 12.2. The molecule has 0 unspecified atom stereocenters. The highest BCUT2D eigenvalue weighted by atomic mass is 19.2.